The highest BCUT2D eigenvalue weighted by Gasteiger charge is 2.15. The van der Waals surface area contributed by atoms with Gasteiger partial charge in [0, 0.05) is 19.0 Å². The van der Waals surface area contributed by atoms with Crippen molar-refractivity contribution in [3.05, 3.63) is 53.2 Å². The summed E-state index contributed by atoms with van der Waals surface area (Å²) < 4.78 is 5.21. The number of anilines is 1. The van der Waals surface area contributed by atoms with E-state index in [4.69, 9.17) is 4.74 Å². The highest BCUT2D eigenvalue weighted by Crippen LogP contribution is 2.22. The van der Waals surface area contributed by atoms with Crippen LogP contribution in [0.25, 0.3) is 0 Å². The molecule has 1 aromatic heterocycles. The molecule has 120 valence electrons. The first-order valence-corrected chi connectivity index (χ1v) is 7.40. The zero-order valence-corrected chi connectivity index (χ0v) is 13.6. The van der Waals surface area contributed by atoms with Gasteiger partial charge in [-0.05, 0) is 37.6 Å². The van der Waals surface area contributed by atoms with Crippen molar-refractivity contribution in [1.29, 1.82) is 0 Å². The standard InChI is InChI=1S/C18H20N2O3/c1-12-6-8-16(23-3)14(11-12)15(21)7-9-17(22)20-18-13(2)5-4-10-19-18/h4-6,8,10-11H,7,9H2,1-3H3,(H,19,20,22). The van der Waals surface area contributed by atoms with Crippen molar-refractivity contribution in [2.75, 3.05) is 12.4 Å². The fraction of sp³-hybridized carbons (Fsp3) is 0.278. The van der Waals surface area contributed by atoms with Crippen molar-refractivity contribution in [1.82, 2.24) is 4.98 Å². The maximum absolute atomic E-state index is 12.3. The van der Waals surface area contributed by atoms with E-state index >= 15 is 0 Å². The SMILES string of the molecule is COc1ccc(C)cc1C(=O)CCC(=O)Nc1ncccc1C. The Labute approximate surface area is 135 Å². The molecule has 0 atom stereocenters. The number of Topliss-reactive ketones (excluding diaryl/α,β-unsaturated/α-hetero) is 1. The number of ketones is 1. The van der Waals surface area contributed by atoms with Gasteiger partial charge in [-0.25, -0.2) is 4.98 Å². The van der Waals surface area contributed by atoms with Crippen molar-refractivity contribution in [2.24, 2.45) is 0 Å². The topological polar surface area (TPSA) is 68.3 Å². The van der Waals surface area contributed by atoms with Gasteiger partial charge in [-0.3, -0.25) is 9.59 Å². The number of hydrogen-bond acceptors (Lipinski definition) is 4. The van der Waals surface area contributed by atoms with Crippen LogP contribution in [0.4, 0.5) is 5.82 Å². The van der Waals surface area contributed by atoms with Gasteiger partial charge in [0.15, 0.2) is 5.78 Å². The Hall–Kier alpha value is -2.69. The van der Waals surface area contributed by atoms with Gasteiger partial charge in [-0.2, -0.15) is 0 Å². The summed E-state index contributed by atoms with van der Waals surface area (Å²) in [6.07, 6.45) is 1.84. The van der Waals surface area contributed by atoms with Gasteiger partial charge < -0.3 is 10.1 Å². The summed E-state index contributed by atoms with van der Waals surface area (Å²) in [5.41, 5.74) is 2.37. The van der Waals surface area contributed by atoms with Gasteiger partial charge >= 0.3 is 0 Å². The minimum atomic E-state index is -0.230. The van der Waals surface area contributed by atoms with Gasteiger partial charge in [-0.1, -0.05) is 17.7 Å². The number of methoxy groups -OCH3 is 1. The Balaban J connectivity index is 1.98. The molecule has 1 amide bonds. The first-order chi connectivity index (χ1) is 11.0. The van der Waals surface area contributed by atoms with Crippen molar-refractivity contribution < 1.29 is 14.3 Å². The number of aromatic nitrogens is 1. The summed E-state index contributed by atoms with van der Waals surface area (Å²) in [6, 6.07) is 9.10. The van der Waals surface area contributed by atoms with E-state index in [1.54, 1.807) is 24.4 Å². The van der Waals surface area contributed by atoms with E-state index in [2.05, 4.69) is 10.3 Å². The molecule has 0 radical (unpaired) electrons. The molecule has 0 fully saturated rings. The fourth-order valence-electron chi connectivity index (χ4n) is 2.21. The molecule has 0 aliphatic carbocycles. The zero-order valence-electron chi connectivity index (χ0n) is 13.6. The van der Waals surface area contributed by atoms with E-state index in [1.807, 2.05) is 26.0 Å². The molecule has 0 bridgehead atoms. The zero-order chi connectivity index (χ0) is 16.8. The molecule has 5 nitrogen and oxygen atoms in total. The molecule has 5 heteroatoms. The van der Waals surface area contributed by atoms with E-state index in [-0.39, 0.29) is 24.5 Å². The number of rotatable bonds is 6. The number of nitrogens with zero attached hydrogens (tertiary/aromatic N) is 1. The van der Waals surface area contributed by atoms with Gasteiger partial charge in [0.05, 0.1) is 12.7 Å². The summed E-state index contributed by atoms with van der Waals surface area (Å²) in [5, 5.41) is 2.72. The Bertz CT molecular complexity index is 726. The number of carbonyl (C=O) groups is 2. The summed E-state index contributed by atoms with van der Waals surface area (Å²) in [6.45, 7) is 3.78. The van der Waals surface area contributed by atoms with Gasteiger partial charge in [0.1, 0.15) is 11.6 Å². The van der Waals surface area contributed by atoms with Crippen molar-refractivity contribution >= 4 is 17.5 Å². The molecule has 1 heterocycles. The third-order valence-electron chi connectivity index (χ3n) is 3.50. The average Bonchev–Trinajstić information content (AvgIpc) is 2.54. The Morgan fingerprint density at radius 1 is 1.17 bits per heavy atom. The summed E-state index contributed by atoms with van der Waals surface area (Å²) in [5.74, 6) is 0.713. The van der Waals surface area contributed by atoms with Gasteiger partial charge in [0.25, 0.3) is 0 Å². The first-order valence-electron chi connectivity index (χ1n) is 7.40. The number of pyridine rings is 1. The van der Waals surface area contributed by atoms with Crippen LogP contribution < -0.4 is 10.1 Å². The Morgan fingerprint density at radius 3 is 2.65 bits per heavy atom. The normalized spacial score (nSPS) is 10.2. The lowest BCUT2D eigenvalue weighted by Crippen LogP contribution is -2.15. The van der Waals surface area contributed by atoms with Crippen LogP contribution in [-0.2, 0) is 4.79 Å². The molecule has 0 spiro atoms. The monoisotopic (exact) mass is 312 g/mol. The number of carbonyl (C=O) groups excluding carboxylic acids is 2. The van der Waals surface area contributed by atoms with Crippen LogP contribution >= 0.6 is 0 Å². The molecular weight excluding hydrogens is 292 g/mol. The molecule has 23 heavy (non-hydrogen) atoms. The Kier molecular flexibility index (Phi) is 5.46. The average molecular weight is 312 g/mol. The summed E-state index contributed by atoms with van der Waals surface area (Å²) in [7, 11) is 1.53. The van der Waals surface area contributed by atoms with Crippen molar-refractivity contribution in [3.8, 4) is 5.75 Å². The molecule has 0 saturated carbocycles. The van der Waals surface area contributed by atoms with Crippen LogP contribution in [0, 0.1) is 13.8 Å². The lowest BCUT2D eigenvalue weighted by molar-refractivity contribution is -0.116. The smallest absolute Gasteiger partial charge is 0.225 e. The number of amides is 1. The van der Waals surface area contributed by atoms with Crippen LogP contribution in [-0.4, -0.2) is 23.8 Å². The number of hydrogen-bond donors (Lipinski definition) is 1. The molecular formula is C18H20N2O3. The molecule has 0 aliphatic rings. The maximum Gasteiger partial charge on any atom is 0.225 e. The molecule has 1 aromatic carbocycles. The van der Waals surface area contributed by atoms with E-state index in [0.29, 0.717) is 17.1 Å². The molecule has 2 rings (SSSR count). The maximum atomic E-state index is 12.3. The second-order valence-electron chi connectivity index (χ2n) is 5.34. The quantitative estimate of drug-likeness (QED) is 0.831. The van der Waals surface area contributed by atoms with Gasteiger partial charge in [-0.15, -0.1) is 0 Å². The van der Waals surface area contributed by atoms with Crippen LogP contribution in [0.15, 0.2) is 36.5 Å². The summed E-state index contributed by atoms with van der Waals surface area (Å²) >= 11 is 0. The van der Waals surface area contributed by atoms with Crippen LogP contribution in [0.1, 0.15) is 34.3 Å². The fourth-order valence-corrected chi connectivity index (χ4v) is 2.21. The van der Waals surface area contributed by atoms with Crippen molar-refractivity contribution in [3.63, 3.8) is 0 Å². The molecule has 0 unspecified atom stereocenters. The van der Waals surface area contributed by atoms with E-state index in [1.165, 1.54) is 7.11 Å². The molecule has 2 aromatic rings. The molecule has 0 aliphatic heterocycles. The third kappa shape index (κ3) is 4.39. The first kappa shape index (κ1) is 16.7. The van der Waals surface area contributed by atoms with Crippen molar-refractivity contribution in [2.45, 2.75) is 26.7 Å². The highest BCUT2D eigenvalue weighted by molar-refractivity contribution is 6.01. The predicted octanol–water partition coefficient (Wildman–Crippen LogP) is 3.31. The summed E-state index contributed by atoms with van der Waals surface area (Å²) in [4.78, 5) is 28.4. The minimum Gasteiger partial charge on any atom is -0.496 e. The van der Waals surface area contributed by atoms with Crippen LogP contribution in [0.5, 0.6) is 5.75 Å². The lowest BCUT2D eigenvalue weighted by Gasteiger charge is -2.09. The predicted molar refractivity (Wildman–Crippen MR) is 88.9 cm³/mol. The number of aryl methyl sites for hydroxylation is 2. The van der Waals surface area contributed by atoms with E-state index < -0.39 is 0 Å². The largest absolute Gasteiger partial charge is 0.496 e. The molecule has 1 N–H and O–H groups in total. The second-order valence-corrected chi connectivity index (χ2v) is 5.34. The lowest BCUT2D eigenvalue weighted by atomic mass is 10.0. The van der Waals surface area contributed by atoms with Gasteiger partial charge in [0.2, 0.25) is 5.91 Å². The molecule has 0 saturated heterocycles. The van der Waals surface area contributed by atoms with Crippen LogP contribution in [0.2, 0.25) is 0 Å². The number of nitrogens with one attached hydrogen (secondary N) is 1. The third-order valence-corrected chi connectivity index (χ3v) is 3.50. The highest BCUT2D eigenvalue weighted by atomic mass is 16.5. The Morgan fingerprint density at radius 2 is 1.96 bits per heavy atom. The van der Waals surface area contributed by atoms with E-state index in [9.17, 15) is 9.59 Å². The second kappa shape index (κ2) is 7.54. The number of ether oxygens (including phenoxy) is 1. The number of benzene rings is 1. The van der Waals surface area contributed by atoms with E-state index in [0.717, 1.165) is 11.1 Å². The van der Waals surface area contributed by atoms with Crippen LogP contribution in [0.3, 0.4) is 0 Å². The minimum absolute atomic E-state index is 0.103.